The summed E-state index contributed by atoms with van der Waals surface area (Å²) < 4.78 is 17.1. The first-order chi connectivity index (χ1) is 11.2. The second-order valence-corrected chi connectivity index (χ2v) is 5.85. The van der Waals surface area contributed by atoms with Crippen molar-refractivity contribution < 1.29 is 14.2 Å². The number of halogens is 1. The van der Waals surface area contributed by atoms with Crippen LogP contribution in [0.15, 0.2) is 36.4 Å². The number of benzene rings is 2. The maximum atomic E-state index is 5.55. The van der Waals surface area contributed by atoms with E-state index in [2.05, 4.69) is 33.8 Å². The highest BCUT2D eigenvalue weighted by Crippen LogP contribution is 2.34. The third-order valence-corrected chi connectivity index (χ3v) is 3.98. The zero-order chi connectivity index (χ0) is 16.7. The molecule has 0 aliphatic carbocycles. The fourth-order valence-electron chi connectivity index (χ4n) is 2.04. The van der Waals surface area contributed by atoms with Crippen molar-refractivity contribution in [3.05, 3.63) is 45.5 Å². The van der Waals surface area contributed by atoms with E-state index < -0.39 is 0 Å². The molecular formula is C18H18INO3. The van der Waals surface area contributed by atoms with Gasteiger partial charge in [-0.1, -0.05) is 5.92 Å². The Bertz CT molecular complexity index is 693. The van der Waals surface area contributed by atoms with Crippen LogP contribution >= 0.6 is 22.6 Å². The fraction of sp³-hybridized carbons (Fsp3) is 0.222. The van der Waals surface area contributed by atoms with Crippen molar-refractivity contribution in [3.8, 4) is 29.6 Å². The van der Waals surface area contributed by atoms with Crippen LogP contribution in [-0.2, 0) is 6.54 Å². The van der Waals surface area contributed by atoms with Crippen molar-refractivity contribution in [1.82, 2.24) is 0 Å². The van der Waals surface area contributed by atoms with Gasteiger partial charge >= 0.3 is 0 Å². The van der Waals surface area contributed by atoms with E-state index in [-0.39, 0.29) is 6.61 Å². The minimum Gasteiger partial charge on any atom is -0.497 e. The number of hydrogen-bond acceptors (Lipinski definition) is 4. The van der Waals surface area contributed by atoms with Gasteiger partial charge in [0.1, 0.15) is 12.4 Å². The number of rotatable bonds is 7. The third kappa shape index (κ3) is 4.70. The third-order valence-electron chi connectivity index (χ3n) is 3.18. The molecule has 0 heterocycles. The molecule has 0 bridgehead atoms. The molecule has 0 spiro atoms. The molecule has 2 aromatic rings. The average Bonchev–Trinajstić information content (AvgIpc) is 2.59. The lowest BCUT2D eigenvalue weighted by molar-refractivity contribution is 0.328. The second-order valence-electron chi connectivity index (χ2n) is 4.68. The van der Waals surface area contributed by atoms with E-state index in [1.807, 2.05) is 36.4 Å². The number of ether oxygens (including phenoxy) is 3. The van der Waals surface area contributed by atoms with E-state index in [0.29, 0.717) is 18.0 Å². The molecule has 23 heavy (non-hydrogen) atoms. The van der Waals surface area contributed by atoms with Gasteiger partial charge in [-0.25, -0.2) is 0 Å². The molecular weight excluding hydrogens is 405 g/mol. The first-order valence-corrected chi connectivity index (χ1v) is 8.06. The number of terminal acetylenes is 1. The predicted octanol–water partition coefficient (Wildman–Crippen LogP) is 3.93. The topological polar surface area (TPSA) is 39.7 Å². The average molecular weight is 423 g/mol. The lowest BCUT2D eigenvalue weighted by Crippen LogP contribution is -2.03. The van der Waals surface area contributed by atoms with E-state index in [9.17, 15) is 0 Å². The zero-order valence-electron chi connectivity index (χ0n) is 13.1. The highest BCUT2D eigenvalue weighted by atomic mass is 127. The Morgan fingerprint density at radius 3 is 2.48 bits per heavy atom. The minimum atomic E-state index is 0.218. The molecule has 4 nitrogen and oxygen atoms in total. The first-order valence-electron chi connectivity index (χ1n) is 6.98. The first kappa shape index (κ1) is 17.3. The monoisotopic (exact) mass is 423 g/mol. The lowest BCUT2D eigenvalue weighted by Gasteiger charge is -2.14. The Hall–Kier alpha value is -2.07. The predicted molar refractivity (Wildman–Crippen MR) is 100 cm³/mol. The molecule has 0 saturated heterocycles. The molecule has 2 aromatic carbocycles. The maximum absolute atomic E-state index is 5.55. The molecule has 0 atom stereocenters. The van der Waals surface area contributed by atoms with Gasteiger partial charge < -0.3 is 19.5 Å². The quantitative estimate of drug-likeness (QED) is 0.541. The lowest BCUT2D eigenvalue weighted by atomic mass is 10.2. The maximum Gasteiger partial charge on any atom is 0.175 e. The molecule has 0 saturated carbocycles. The second kappa shape index (κ2) is 8.53. The Morgan fingerprint density at radius 1 is 1.13 bits per heavy atom. The van der Waals surface area contributed by atoms with Gasteiger partial charge in [0.15, 0.2) is 11.5 Å². The van der Waals surface area contributed by atoms with Crippen molar-refractivity contribution in [2.75, 3.05) is 26.1 Å². The summed E-state index contributed by atoms with van der Waals surface area (Å²) in [6.07, 6.45) is 5.24. The van der Waals surface area contributed by atoms with Gasteiger partial charge in [0.2, 0.25) is 0 Å². The Kier molecular flexibility index (Phi) is 6.41. The van der Waals surface area contributed by atoms with Crippen molar-refractivity contribution in [3.63, 3.8) is 0 Å². The molecule has 0 aliphatic rings. The summed E-state index contributed by atoms with van der Waals surface area (Å²) >= 11 is 2.22. The van der Waals surface area contributed by atoms with Crippen LogP contribution in [0.25, 0.3) is 0 Å². The highest BCUT2D eigenvalue weighted by molar-refractivity contribution is 14.1. The van der Waals surface area contributed by atoms with Gasteiger partial charge in [0, 0.05) is 12.2 Å². The van der Waals surface area contributed by atoms with E-state index in [4.69, 9.17) is 20.6 Å². The summed E-state index contributed by atoms with van der Waals surface area (Å²) in [4.78, 5) is 0. The SMILES string of the molecule is C#CCOc1c(I)cc(CNc2ccc(OC)cc2)cc1OC. The van der Waals surface area contributed by atoms with Crippen LogP contribution in [0, 0.1) is 15.9 Å². The van der Waals surface area contributed by atoms with Crippen LogP contribution < -0.4 is 19.5 Å². The molecule has 5 heteroatoms. The van der Waals surface area contributed by atoms with Gasteiger partial charge in [-0.15, -0.1) is 6.42 Å². The Morgan fingerprint density at radius 2 is 1.87 bits per heavy atom. The zero-order valence-corrected chi connectivity index (χ0v) is 15.2. The summed E-state index contributed by atoms with van der Waals surface area (Å²) in [5.41, 5.74) is 2.11. The summed E-state index contributed by atoms with van der Waals surface area (Å²) in [5.74, 6) is 4.66. The van der Waals surface area contributed by atoms with Crippen molar-refractivity contribution >= 4 is 28.3 Å². The molecule has 0 aliphatic heterocycles. The molecule has 0 radical (unpaired) electrons. The minimum absolute atomic E-state index is 0.218. The van der Waals surface area contributed by atoms with Crippen molar-refractivity contribution in [2.24, 2.45) is 0 Å². The molecule has 120 valence electrons. The number of methoxy groups -OCH3 is 2. The van der Waals surface area contributed by atoms with Gasteiger partial charge in [-0.05, 0) is 64.6 Å². The van der Waals surface area contributed by atoms with Crippen LogP contribution in [0.5, 0.6) is 17.2 Å². The van der Waals surface area contributed by atoms with Crippen LogP contribution in [0.2, 0.25) is 0 Å². The van der Waals surface area contributed by atoms with Gasteiger partial charge in [0.05, 0.1) is 17.8 Å². The standard InChI is InChI=1S/C18H18INO3/c1-4-9-23-18-16(19)10-13(11-17(18)22-3)12-20-14-5-7-15(21-2)8-6-14/h1,5-8,10-11,20H,9,12H2,2-3H3. The van der Waals surface area contributed by atoms with Crippen LogP contribution in [0.1, 0.15) is 5.56 Å². The van der Waals surface area contributed by atoms with Crippen LogP contribution in [-0.4, -0.2) is 20.8 Å². The molecule has 0 amide bonds. The van der Waals surface area contributed by atoms with E-state index in [1.165, 1.54) is 0 Å². The molecule has 0 aromatic heterocycles. The number of nitrogens with one attached hydrogen (secondary N) is 1. The fourth-order valence-corrected chi connectivity index (χ4v) is 2.86. The van der Waals surface area contributed by atoms with Crippen molar-refractivity contribution in [2.45, 2.75) is 6.54 Å². The molecule has 0 fully saturated rings. The highest BCUT2D eigenvalue weighted by Gasteiger charge is 2.11. The van der Waals surface area contributed by atoms with E-state index in [0.717, 1.165) is 20.6 Å². The summed E-state index contributed by atoms with van der Waals surface area (Å²) in [5, 5.41) is 3.37. The summed E-state index contributed by atoms with van der Waals surface area (Å²) in [6, 6.07) is 11.8. The molecule has 2 rings (SSSR count). The van der Waals surface area contributed by atoms with E-state index in [1.54, 1.807) is 14.2 Å². The Labute approximate surface area is 150 Å². The van der Waals surface area contributed by atoms with E-state index >= 15 is 0 Å². The smallest absolute Gasteiger partial charge is 0.175 e. The number of hydrogen-bond donors (Lipinski definition) is 1. The summed E-state index contributed by atoms with van der Waals surface area (Å²) in [7, 11) is 3.27. The summed E-state index contributed by atoms with van der Waals surface area (Å²) in [6.45, 7) is 0.893. The number of anilines is 1. The van der Waals surface area contributed by atoms with Crippen molar-refractivity contribution in [1.29, 1.82) is 0 Å². The normalized spacial score (nSPS) is 9.83. The largest absolute Gasteiger partial charge is 0.497 e. The Balaban J connectivity index is 2.10. The van der Waals surface area contributed by atoms with Crippen LogP contribution in [0.3, 0.4) is 0 Å². The molecule has 0 unspecified atom stereocenters. The van der Waals surface area contributed by atoms with Gasteiger partial charge in [0.25, 0.3) is 0 Å². The van der Waals surface area contributed by atoms with Crippen LogP contribution in [0.4, 0.5) is 5.69 Å². The van der Waals surface area contributed by atoms with Gasteiger partial charge in [-0.3, -0.25) is 0 Å². The van der Waals surface area contributed by atoms with Gasteiger partial charge in [-0.2, -0.15) is 0 Å². The molecule has 1 N–H and O–H groups in total.